The standard InChI is InChI=1S/C48H31N3/c1-3-13-36(14-4-1)50-44-20-9-8-19-40(44)43-30-33(23-25-46(43)50)32-12-11-17-38(29-32)49-27-26-35-28-34-22-24-41-39-18-7-10-21-45(39)51(37-15-5-2-6-16-37)48(41)42(34)31-47(35)49/h1-31H. The normalized spacial score (nSPS) is 11.9. The molecule has 0 unspecified atom stereocenters. The van der Waals surface area contributed by atoms with Gasteiger partial charge in [-0.1, -0.05) is 103 Å². The molecule has 3 aromatic heterocycles. The van der Waals surface area contributed by atoms with Crippen molar-refractivity contribution >= 4 is 65.3 Å². The zero-order valence-corrected chi connectivity index (χ0v) is 27.7. The fourth-order valence-corrected chi connectivity index (χ4v) is 8.33. The minimum absolute atomic E-state index is 1.14. The van der Waals surface area contributed by atoms with Gasteiger partial charge in [0, 0.05) is 55.6 Å². The number of benzene rings is 8. The van der Waals surface area contributed by atoms with Gasteiger partial charge in [-0.05, 0) is 95.4 Å². The van der Waals surface area contributed by atoms with Gasteiger partial charge in [-0.3, -0.25) is 0 Å². The lowest BCUT2D eigenvalue weighted by Crippen LogP contribution is -1.95. The van der Waals surface area contributed by atoms with Crippen molar-refractivity contribution in [1.82, 2.24) is 13.7 Å². The molecule has 0 aliphatic heterocycles. The second-order valence-electron chi connectivity index (χ2n) is 13.4. The molecule has 11 aromatic rings. The van der Waals surface area contributed by atoms with Crippen molar-refractivity contribution in [2.75, 3.05) is 0 Å². The van der Waals surface area contributed by atoms with E-state index >= 15 is 0 Å². The molecule has 0 atom stereocenters. The zero-order chi connectivity index (χ0) is 33.5. The Labute approximate surface area is 294 Å². The lowest BCUT2D eigenvalue weighted by molar-refractivity contribution is 1.13. The Morgan fingerprint density at radius 3 is 1.71 bits per heavy atom. The fourth-order valence-electron chi connectivity index (χ4n) is 8.33. The molecule has 238 valence electrons. The quantitative estimate of drug-likeness (QED) is 0.180. The first-order valence-corrected chi connectivity index (χ1v) is 17.5. The molecule has 0 saturated carbocycles. The van der Waals surface area contributed by atoms with E-state index < -0.39 is 0 Å². The summed E-state index contributed by atoms with van der Waals surface area (Å²) in [6, 6.07) is 66.2. The second kappa shape index (κ2) is 10.8. The second-order valence-corrected chi connectivity index (χ2v) is 13.4. The third kappa shape index (κ3) is 4.19. The molecular formula is C48H31N3. The molecule has 0 aliphatic rings. The van der Waals surface area contributed by atoms with Crippen molar-refractivity contribution in [2.45, 2.75) is 0 Å². The maximum absolute atomic E-state index is 2.43. The van der Waals surface area contributed by atoms with Gasteiger partial charge >= 0.3 is 0 Å². The average Bonchev–Trinajstić information content (AvgIpc) is 3.87. The Morgan fingerprint density at radius 2 is 0.922 bits per heavy atom. The van der Waals surface area contributed by atoms with Crippen LogP contribution in [0.15, 0.2) is 188 Å². The van der Waals surface area contributed by atoms with Crippen LogP contribution >= 0.6 is 0 Å². The molecule has 8 aromatic carbocycles. The molecule has 51 heavy (non-hydrogen) atoms. The lowest BCUT2D eigenvalue weighted by atomic mass is 10.0. The molecule has 0 bridgehead atoms. The molecule has 3 nitrogen and oxygen atoms in total. The summed E-state index contributed by atoms with van der Waals surface area (Å²) in [5.74, 6) is 0. The number of rotatable bonds is 4. The minimum Gasteiger partial charge on any atom is -0.317 e. The van der Waals surface area contributed by atoms with Gasteiger partial charge in [-0.25, -0.2) is 0 Å². The number of fused-ring (bicyclic) bond motifs is 9. The Bertz CT molecular complexity index is 3120. The monoisotopic (exact) mass is 649 g/mol. The summed E-state index contributed by atoms with van der Waals surface area (Å²) in [5.41, 5.74) is 12.0. The van der Waals surface area contributed by atoms with Crippen LogP contribution in [0.1, 0.15) is 0 Å². The van der Waals surface area contributed by atoms with Crippen LogP contribution in [0.4, 0.5) is 0 Å². The maximum atomic E-state index is 2.43. The van der Waals surface area contributed by atoms with E-state index in [-0.39, 0.29) is 0 Å². The van der Waals surface area contributed by atoms with E-state index in [1.54, 1.807) is 0 Å². The molecule has 0 fully saturated rings. The molecule has 3 heteroatoms. The third-order valence-electron chi connectivity index (χ3n) is 10.6. The van der Waals surface area contributed by atoms with E-state index in [9.17, 15) is 0 Å². The molecule has 0 radical (unpaired) electrons. The Kier molecular flexibility index (Phi) is 5.96. The summed E-state index contributed by atoms with van der Waals surface area (Å²) >= 11 is 0. The highest BCUT2D eigenvalue weighted by Crippen LogP contribution is 2.39. The average molecular weight is 650 g/mol. The van der Waals surface area contributed by atoms with Gasteiger partial charge in [0.15, 0.2) is 0 Å². The van der Waals surface area contributed by atoms with Crippen molar-refractivity contribution in [3.63, 3.8) is 0 Å². The van der Waals surface area contributed by atoms with Crippen molar-refractivity contribution < 1.29 is 0 Å². The van der Waals surface area contributed by atoms with Gasteiger partial charge in [-0.15, -0.1) is 0 Å². The first-order valence-electron chi connectivity index (χ1n) is 17.5. The number of hydrogen-bond donors (Lipinski definition) is 0. The van der Waals surface area contributed by atoms with Crippen LogP contribution in [0, 0.1) is 0 Å². The van der Waals surface area contributed by atoms with Gasteiger partial charge in [0.2, 0.25) is 0 Å². The highest BCUT2D eigenvalue weighted by molar-refractivity contribution is 6.20. The van der Waals surface area contributed by atoms with E-state index in [4.69, 9.17) is 0 Å². The van der Waals surface area contributed by atoms with Gasteiger partial charge < -0.3 is 13.7 Å². The van der Waals surface area contributed by atoms with Crippen LogP contribution in [0.5, 0.6) is 0 Å². The van der Waals surface area contributed by atoms with Crippen LogP contribution in [0.2, 0.25) is 0 Å². The summed E-state index contributed by atoms with van der Waals surface area (Å²) in [6.45, 7) is 0. The van der Waals surface area contributed by atoms with Crippen LogP contribution in [-0.4, -0.2) is 13.7 Å². The summed E-state index contributed by atoms with van der Waals surface area (Å²) in [5, 5.41) is 8.77. The van der Waals surface area contributed by atoms with Crippen LogP contribution in [0.3, 0.4) is 0 Å². The van der Waals surface area contributed by atoms with Gasteiger partial charge in [-0.2, -0.15) is 0 Å². The molecule has 0 amide bonds. The van der Waals surface area contributed by atoms with E-state index in [1.165, 1.54) is 87.8 Å². The van der Waals surface area contributed by atoms with E-state index in [0.717, 1.165) is 5.69 Å². The number of para-hydroxylation sites is 4. The molecule has 0 saturated heterocycles. The molecule has 0 N–H and O–H groups in total. The molecule has 0 aliphatic carbocycles. The highest BCUT2D eigenvalue weighted by Gasteiger charge is 2.17. The summed E-state index contributed by atoms with van der Waals surface area (Å²) in [7, 11) is 0. The smallest absolute Gasteiger partial charge is 0.0620 e. The summed E-state index contributed by atoms with van der Waals surface area (Å²) in [6.07, 6.45) is 2.21. The lowest BCUT2D eigenvalue weighted by Gasteiger charge is -2.12. The van der Waals surface area contributed by atoms with Gasteiger partial charge in [0.05, 0.1) is 27.6 Å². The zero-order valence-electron chi connectivity index (χ0n) is 27.7. The Morgan fingerprint density at radius 1 is 0.294 bits per heavy atom. The minimum atomic E-state index is 1.14. The Hall–Kier alpha value is -6.84. The largest absolute Gasteiger partial charge is 0.317 e. The van der Waals surface area contributed by atoms with Crippen LogP contribution in [0.25, 0.3) is 93.5 Å². The van der Waals surface area contributed by atoms with Gasteiger partial charge in [0.1, 0.15) is 0 Å². The topological polar surface area (TPSA) is 14.8 Å². The molecule has 11 rings (SSSR count). The van der Waals surface area contributed by atoms with Crippen molar-refractivity contribution in [3.8, 4) is 28.2 Å². The first-order chi connectivity index (χ1) is 25.3. The van der Waals surface area contributed by atoms with E-state index in [2.05, 4.69) is 202 Å². The number of hydrogen-bond acceptors (Lipinski definition) is 0. The number of nitrogens with zero attached hydrogens (tertiary/aromatic N) is 3. The van der Waals surface area contributed by atoms with Crippen LogP contribution in [-0.2, 0) is 0 Å². The van der Waals surface area contributed by atoms with Crippen LogP contribution < -0.4 is 0 Å². The SMILES string of the molecule is c1ccc(-n2c3ccccc3c3cc(-c4cccc(-n5ccc6cc7ccc8c9ccccc9n(-c9ccccc9)c8c7cc65)c4)ccc32)cc1. The Balaban J connectivity index is 1.09. The predicted molar refractivity (Wildman–Crippen MR) is 215 cm³/mol. The first kappa shape index (κ1) is 28.0. The molecule has 0 spiro atoms. The third-order valence-corrected chi connectivity index (χ3v) is 10.6. The van der Waals surface area contributed by atoms with Gasteiger partial charge in [0.25, 0.3) is 0 Å². The van der Waals surface area contributed by atoms with Crippen molar-refractivity contribution in [1.29, 1.82) is 0 Å². The molecular weight excluding hydrogens is 619 g/mol. The van der Waals surface area contributed by atoms with Crippen molar-refractivity contribution in [2.24, 2.45) is 0 Å². The number of aromatic nitrogens is 3. The fraction of sp³-hybridized carbons (Fsp3) is 0. The van der Waals surface area contributed by atoms with E-state index in [0.29, 0.717) is 0 Å². The summed E-state index contributed by atoms with van der Waals surface area (Å²) in [4.78, 5) is 0. The van der Waals surface area contributed by atoms with Crippen molar-refractivity contribution in [3.05, 3.63) is 188 Å². The summed E-state index contributed by atoms with van der Waals surface area (Å²) < 4.78 is 7.14. The molecule has 3 heterocycles. The maximum Gasteiger partial charge on any atom is 0.0620 e. The predicted octanol–water partition coefficient (Wildman–Crippen LogP) is 12.6. The highest BCUT2D eigenvalue weighted by atomic mass is 15.0. The van der Waals surface area contributed by atoms with E-state index in [1.807, 2.05) is 0 Å².